The molecule has 1 aromatic heterocycles. The average molecular weight is 242 g/mol. The van der Waals surface area contributed by atoms with Crippen LogP contribution < -0.4 is 16.8 Å². The molecule has 0 aliphatic carbocycles. The van der Waals surface area contributed by atoms with Gasteiger partial charge < -0.3 is 21.5 Å². The Morgan fingerprint density at radius 3 is 3.12 bits per heavy atom. The van der Waals surface area contributed by atoms with E-state index in [1.807, 2.05) is 0 Å². The van der Waals surface area contributed by atoms with Gasteiger partial charge in [0.15, 0.2) is 5.82 Å². The van der Waals surface area contributed by atoms with Crippen molar-refractivity contribution in [2.24, 2.45) is 5.73 Å². The SMILES string of the molecule is NC(=O)c1c(N)nsc1NCC1CCCO1. The fourth-order valence-corrected chi connectivity index (χ4v) is 2.40. The molecule has 0 spiro atoms. The van der Waals surface area contributed by atoms with E-state index in [-0.39, 0.29) is 17.5 Å². The van der Waals surface area contributed by atoms with E-state index in [1.54, 1.807) is 0 Å². The zero-order valence-electron chi connectivity index (χ0n) is 8.73. The molecule has 0 radical (unpaired) electrons. The predicted octanol–water partition coefficient (Wildman–Crippen LogP) is 0.415. The van der Waals surface area contributed by atoms with Crippen molar-refractivity contribution in [3.63, 3.8) is 0 Å². The number of hydrogen-bond donors (Lipinski definition) is 3. The van der Waals surface area contributed by atoms with Gasteiger partial charge in [-0.2, -0.15) is 4.37 Å². The molecule has 2 rings (SSSR count). The van der Waals surface area contributed by atoms with Crippen molar-refractivity contribution in [2.45, 2.75) is 18.9 Å². The largest absolute Gasteiger partial charge is 0.382 e. The highest BCUT2D eigenvalue weighted by molar-refractivity contribution is 7.11. The molecule has 1 aliphatic rings. The first-order chi connectivity index (χ1) is 7.68. The molecular formula is C9H14N4O2S. The molecule has 7 heteroatoms. The molecule has 5 N–H and O–H groups in total. The molecule has 88 valence electrons. The smallest absolute Gasteiger partial charge is 0.255 e. The molecule has 1 amide bonds. The molecule has 6 nitrogen and oxygen atoms in total. The van der Waals surface area contributed by atoms with Gasteiger partial charge in [-0.15, -0.1) is 0 Å². The topological polar surface area (TPSA) is 103 Å². The lowest BCUT2D eigenvalue weighted by molar-refractivity contribution is 0.100. The minimum atomic E-state index is -0.555. The molecule has 1 saturated heterocycles. The molecule has 2 heterocycles. The zero-order chi connectivity index (χ0) is 11.5. The van der Waals surface area contributed by atoms with E-state index < -0.39 is 5.91 Å². The van der Waals surface area contributed by atoms with Crippen LogP contribution in [0.15, 0.2) is 0 Å². The van der Waals surface area contributed by atoms with Crippen LogP contribution in [0.25, 0.3) is 0 Å². The van der Waals surface area contributed by atoms with Crippen molar-refractivity contribution in [2.75, 3.05) is 24.2 Å². The molecule has 1 atom stereocenters. The first-order valence-electron chi connectivity index (χ1n) is 5.09. The molecule has 1 aromatic rings. The highest BCUT2D eigenvalue weighted by Gasteiger charge is 2.19. The summed E-state index contributed by atoms with van der Waals surface area (Å²) in [7, 11) is 0. The summed E-state index contributed by atoms with van der Waals surface area (Å²) in [5.41, 5.74) is 11.1. The molecular weight excluding hydrogens is 228 g/mol. The van der Waals surface area contributed by atoms with Crippen molar-refractivity contribution < 1.29 is 9.53 Å². The summed E-state index contributed by atoms with van der Waals surface area (Å²) in [4.78, 5) is 11.1. The van der Waals surface area contributed by atoms with Crippen LogP contribution in [-0.4, -0.2) is 29.5 Å². The Hall–Kier alpha value is -1.34. The van der Waals surface area contributed by atoms with E-state index >= 15 is 0 Å². The number of nitrogens with zero attached hydrogens (tertiary/aromatic N) is 1. The standard InChI is InChI=1S/C9H14N4O2S/c10-7-6(8(11)14)9(16-13-7)12-4-5-2-1-3-15-5/h5,12H,1-4H2,(H2,10,13)(H2,11,14). The third-order valence-corrected chi connectivity index (χ3v) is 3.30. The molecule has 1 unspecified atom stereocenters. The van der Waals surface area contributed by atoms with Crippen molar-refractivity contribution in [3.8, 4) is 0 Å². The molecule has 1 fully saturated rings. The van der Waals surface area contributed by atoms with Gasteiger partial charge in [-0.3, -0.25) is 4.79 Å². The third-order valence-electron chi connectivity index (χ3n) is 2.48. The summed E-state index contributed by atoms with van der Waals surface area (Å²) in [6.45, 7) is 1.46. The minimum absolute atomic E-state index is 0.187. The highest BCUT2D eigenvalue weighted by atomic mass is 32.1. The number of hydrogen-bond acceptors (Lipinski definition) is 6. The Morgan fingerprint density at radius 2 is 2.50 bits per heavy atom. The number of nitrogen functional groups attached to an aromatic ring is 1. The predicted molar refractivity (Wildman–Crippen MR) is 62.5 cm³/mol. The second kappa shape index (κ2) is 4.67. The average Bonchev–Trinajstić information content (AvgIpc) is 2.83. The lowest BCUT2D eigenvalue weighted by Crippen LogP contribution is -2.20. The summed E-state index contributed by atoms with van der Waals surface area (Å²) in [6.07, 6.45) is 2.32. The minimum Gasteiger partial charge on any atom is -0.382 e. The van der Waals surface area contributed by atoms with Crippen LogP contribution in [0.1, 0.15) is 23.2 Å². The maximum Gasteiger partial charge on any atom is 0.255 e. The summed E-state index contributed by atoms with van der Waals surface area (Å²) in [5, 5.41) is 3.73. The zero-order valence-corrected chi connectivity index (χ0v) is 9.55. The van der Waals surface area contributed by atoms with Gasteiger partial charge in [0.25, 0.3) is 5.91 Å². The first kappa shape index (κ1) is 11.2. The number of carbonyl (C=O) groups is 1. The first-order valence-corrected chi connectivity index (χ1v) is 5.86. The van der Waals surface area contributed by atoms with E-state index in [1.165, 1.54) is 0 Å². The monoisotopic (exact) mass is 242 g/mol. The van der Waals surface area contributed by atoms with Crippen LogP contribution in [0.2, 0.25) is 0 Å². The van der Waals surface area contributed by atoms with Crippen molar-refractivity contribution in [3.05, 3.63) is 5.56 Å². The number of aromatic nitrogens is 1. The summed E-state index contributed by atoms with van der Waals surface area (Å²) < 4.78 is 9.35. The number of amides is 1. The fraction of sp³-hybridized carbons (Fsp3) is 0.556. The van der Waals surface area contributed by atoms with Crippen LogP contribution in [0.5, 0.6) is 0 Å². The van der Waals surface area contributed by atoms with Gasteiger partial charge in [0, 0.05) is 13.2 Å². The highest BCUT2D eigenvalue weighted by Crippen LogP contribution is 2.26. The summed E-state index contributed by atoms with van der Waals surface area (Å²) in [6, 6.07) is 0. The van der Waals surface area contributed by atoms with Crippen LogP contribution in [0.3, 0.4) is 0 Å². The maximum atomic E-state index is 11.1. The number of rotatable bonds is 4. The van der Waals surface area contributed by atoms with E-state index in [0.717, 1.165) is 31.0 Å². The van der Waals surface area contributed by atoms with E-state index in [4.69, 9.17) is 16.2 Å². The number of nitrogens with two attached hydrogens (primary N) is 2. The Kier molecular flexibility index (Phi) is 3.25. The quantitative estimate of drug-likeness (QED) is 0.709. The van der Waals surface area contributed by atoms with Crippen LogP contribution >= 0.6 is 11.5 Å². The normalized spacial score (nSPS) is 19.9. The van der Waals surface area contributed by atoms with Gasteiger partial charge in [-0.1, -0.05) is 0 Å². The molecule has 0 aromatic carbocycles. The molecule has 0 saturated carbocycles. The second-order valence-corrected chi connectivity index (χ2v) is 4.43. The fourth-order valence-electron chi connectivity index (χ4n) is 1.67. The van der Waals surface area contributed by atoms with Gasteiger partial charge in [0.2, 0.25) is 0 Å². The Labute approximate surface area is 97.1 Å². The molecule has 16 heavy (non-hydrogen) atoms. The molecule has 0 bridgehead atoms. The van der Waals surface area contributed by atoms with Crippen molar-refractivity contribution in [1.82, 2.24) is 4.37 Å². The van der Waals surface area contributed by atoms with Gasteiger partial charge >= 0.3 is 0 Å². The van der Waals surface area contributed by atoms with Crippen molar-refractivity contribution in [1.29, 1.82) is 0 Å². The van der Waals surface area contributed by atoms with Crippen LogP contribution in [0, 0.1) is 0 Å². The number of ether oxygens (including phenoxy) is 1. The number of nitrogens with one attached hydrogen (secondary N) is 1. The molecule has 1 aliphatic heterocycles. The van der Waals surface area contributed by atoms with E-state index in [2.05, 4.69) is 9.69 Å². The van der Waals surface area contributed by atoms with Gasteiger partial charge in [-0.25, -0.2) is 0 Å². The van der Waals surface area contributed by atoms with Gasteiger partial charge in [0.1, 0.15) is 10.6 Å². The Bertz CT molecular complexity index is 387. The van der Waals surface area contributed by atoms with Gasteiger partial charge in [0.05, 0.1) is 6.10 Å². The second-order valence-electron chi connectivity index (χ2n) is 3.65. The number of anilines is 2. The Morgan fingerprint density at radius 1 is 1.69 bits per heavy atom. The third kappa shape index (κ3) is 2.25. The van der Waals surface area contributed by atoms with Crippen LogP contribution in [-0.2, 0) is 4.74 Å². The van der Waals surface area contributed by atoms with Crippen LogP contribution in [0.4, 0.5) is 10.8 Å². The number of carbonyl (C=O) groups excluding carboxylic acids is 1. The lowest BCUT2D eigenvalue weighted by Gasteiger charge is -2.10. The van der Waals surface area contributed by atoms with E-state index in [0.29, 0.717) is 11.5 Å². The van der Waals surface area contributed by atoms with E-state index in [9.17, 15) is 4.79 Å². The number of primary amides is 1. The Balaban J connectivity index is 2.00. The van der Waals surface area contributed by atoms with Gasteiger partial charge in [-0.05, 0) is 24.4 Å². The maximum absolute atomic E-state index is 11.1. The van der Waals surface area contributed by atoms with Crippen molar-refractivity contribution >= 4 is 28.3 Å². The lowest BCUT2D eigenvalue weighted by atomic mass is 10.2. The summed E-state index contributed by atoms with van der Waals surface area (Å²) >= 11 is 1.15. The summed E-state index contributed by atoms with van der Waals surface area (Å²) in [5.74, 6) is -0.367.